The average molecular weight is 356 g/mol. The molecular weight excluding hydrogens is 334 g/mol. The number of hydrogen-bond donors (Lipinski definition) is 2. The predicted octanol–water partition coefficient (Wildman–Crippen LogP) is 5.35. The van der Waals surface area contributed by atoms with Crippen LogP contribution >= 0.6 is 11.6 Å². The second-order valence-corrected chi connectivity index (χ2v) is 6.18. The molecule has 1 aromatic carbocycles. The summed E-state index contributed by atoms with van der Waals surface area (Å²) in [5, 5.41) is 22.2. The number of pyridine rings is 1. The van der Waals surface area contributed by atoms with E-state index in [0.717, 1.165) is 5.56 Å². The molecule has 0 aliphatic carbocycles. The van der Waals surface area contributed by atoms with Gasteiger partial charge in [-0.1, -0.05) is 48.0 Å². The minimum Gasteiger partial charge on any atom is -0.508 e. The van der Waals surface area contributed by atoms with E-state index in [-0.39, 0.29) is 5.76 Å². The van der Waals surface area contributed by atoms with E-state index in [9.17, 15) is 10.2 Å². The first-order chi connectivity index (χ1) is 12.0. The van der Waals surface area contributed by atoms with Gasteiger partial charge in [0.2, 0.25) is 0 Å². The molecule has 2 rings (SSSR count). The molecule has 2 N–H and O–H groups in total. The topological polar surface area (TPSA) is 53.4 Å². The highest BCUT2D eigenvalue weighted by molar-refractivity contribution is 6.30. The lowest BCUT2D eigenvalue weighted by Crippen LogP contribution is -2.09. The SMILES string of the molecule is C\C=C/C=C(C)/C(O)=C(/Cc1ccc(Cl)cc1)C(O)c1cccnc1. The third-order valence-corrected chi connectivity index (χ3v) is 4.11. The molecule has 3 nitrogen and oxygen atoms in total. The van der Waals surface area contributed by atoms with E-state index in [4.69, 9.17) is 11.6 Å². The highest BCUT2D eigenvalue weighted by Gasteiger charge is 2.19. The Morgan fingerprint density at radius 2 is 1.96 bits per heavy atom. The van der Waals surface area contributed by atoms with Gasteiger partial charge in [0.1, 0.15) is 11.9 Å². The van der Waals surface area contributed by atoms with Crippen LogP contribution in [0.2, 0.25) is 5.02 Å². The van der Waals surface area contributed by atoms with Crippen LogP contribution in [-0.4, -0.2) is 15.2 Å². The standard InChI is InChI=1S/C21H22ClNO2/c1-3-4-6-15(2)20(24)19(13-16-8-10-18(22)11-9-16)21(25)17-7-5-12-23-14-17/h3-12,14,21,24-25H,13H2,1-2H3/b4-3-,15-6+,20-19+. The van der Waals surface area contributed by atoms with Crippen LogP contribution in [0, 0.1) is 0 Å². The predicted molar refractivity (Wildman–Crippen MR) is 103 cm³/mol. The number of aliphatic hydroxyl groups excluding tert-OH is 2. The van der Waals surface area contributed by atoms with Crippen molar-refractivity contribution in [3.63, 3.8) is 0 Å². The Balaban J connectivity index is 2.45. The average Bonchev–Trinajstić information content (AvgIpc) is 2.65. The number of allylic oxidation sites excluding steroid dienone is 4. The number of hydrogen-bond acceptors (Lipinski definition) is 3. The van der Waals surface area contributed by atoms with Crippen molar-refractivity contribution >= 4 is 11.6 Å². The van der Waals surface area contributed by atoms with Crippen LogP contribution < -0.4 is 0 Å². The molecule has 4 heteroatoms. The number of benzene rings is 1. The maximum Gasteiger partial charge on any atom is 0.120 e. The first-order valence-electron chi connectivity index (χ1n) is 8.07. The molecular formula is C21H22ClNO2. The van der Waals surface area contributed by atoms with E-state index < -0.39 is 6.10 Å². The van der Waals surface area contributed by atoms with Gasteiger partial charge in [0.05, 0.1) is 0 Å². The summed E-state index contributed by atoms with van der Waals surface area (Å²) >= 11 is 5.94. The maximum atomic E-state index is 10.8. The van der Waals surface area contributed by atoms with E-state index in [1.54, 1.807) is 36.7 Å². The van der Waals surface area contributed by atoms with Crippen molar-refractivity contribution in [3.05, 3.63) is 100 Å². The quantitative estimate of drug-likeness (QED) is 0.542. The third kappa shape index (κ3) is 5.31. The number of nitrogens with zero attached hydrogens (tertiary/aromatic N) is 1. The Kier molecular flexibility index (Phi) is 6.99. The van der Waals surface area contributed by atoms with Crippen LogP contribution in [0.25, 0.3) is 0 Å². The Bertz CT molecular complexity index is 777. The summed E-state index contributed by atoms with van der Waals surface area (Å²) in [6.07, 6.45) is 8.25. The maximum absolute atomic E-state index is 10.8. The Morgan fingerprint density at radius 3 is 2.56 bits per heavy atom. The molecule has 0 saturated heterocycles. The van der Waals surface area contributed by atoms with Crippen LogP contribution in [-0.2, 0) is 6.42 Å². The molecule has 0 aliphatic rings. The molecule has 0 radical (unpaired) electrons. The molecule has 1 heterocycles. The van der Waals surface area contributed by atoms with Gasteiger partial charge in [0, 0.05) is 35.0 Å². The minimum absolute atomic E-state index is 0.0874. The van der Waals surface area contributed by atoms with Gasteiger partial charge in [0.15, 0.2) is 0 Å². The normalized spacial score (nSPS) is 14.5. The lowest BCUT2D eigenvalue weighted by atomic mass is 9.93. The Labute approximate surface area is 153 Å². The first kappa shape index (κ1) is 19.0. The van der Waals surface area contributed by atoms with Crippen molar-refractivity contribution in [2.75, 3.05) is 0 Å². The van der Waals surface area contributed by atoms with Crippen molar-refractivity contribution in [1.82, 2.24) is 4.98 Å². The van der Waals surface area contributed by atoms with Gasteiger partial charge in [-0.15, -0.1) is 0 Å². The highest BCUT2D eigenvalue weighted by Crippen LogP contribution is 2.29. The molecule has 0 bridgehead atoms. The molecule has 25 heavy (non-hydrogen) atoms. The first-order valence-corrected chi connectivity index (χ1v) is 8.45. The second kappa shape index (κ2) is 9.21. The number of aromatic nitrogens is 1. The summed E-state index contributed by atoms with van der Waals surface area (Å²) in [6, 6.07) is 10.9. The van der Waals surface area contributed by atoms with Gasteiger partial charge in [-0.05, 0) is 43.2 Å². The van der Waals surface area contributed by atoms with Gasteiger partial charge in [-0.25, -0.2) is 0 Å². The Morgan fingerprint density at radius 1 is 1.24 bits per heavy atom. The largest absolute Gasteiger partial charge is 0.508 e. The fraction of sp³-hybridized carbons (Fsp3) is 0.190. The summed E-state index contributed by atoms with van der Waals surface area (Å²) in [6.45, 7) is 3.72. The fourth-order valence-corrected chi connectivity index (χ4v) is 2.57. The summed E-state index contributed by atoms with van der Waals surface area (Å²) in [5.74, 6) is 0.0874. The highest BCUT2D eigenvalue weighted by atomic mass is 35.5. The van der Waals surface area contributed by atoms with E-state index in [1.807, 2.05) is 44.2 Å². The zero-order chi connectivity index (χ0) is 18.2. The van der Waals surface area contributed by atoms with E-state index in [1.165, 1.54) is 0 Å². The fourth-order valence-electron chi connectivity index (χ4n) is 2.44. The van der Waals surface area contributed by atoms with Gasteiger partial charge in [-0.2, -0.15) is 0 Å². The van der Waals surface area contributed by atoms with E-state index in [2.05, 4.69) is 4.98 Å². The Hall–Kier alpha value is -2.36. The lowest BCUT2D eigenvalue weighted by molar-refractivity contribution is 0.204. The molecule has 0 aliphatic heterocycles. The molecule has 0 spiro atoms. The van der Waals surface area contributed by atoms with Gasteiger partial charge in [0.25, 0.3) is 0 Å². The summed E-state index contributed by atoms with van der Waals surface area (Å²) in [5.41, 5.74) is 2.79. The third-order valence-electron chi connectivity index (χ3n) is 3.85. The van der Waals surface area contributed by atoms with Crippen LogP contribution in [0.4, 0.5) is 0 Å². The van der Waals surface area contributed by atoms with Crippen LogP contribution in [0.15, 0.2) is 83.9 Å². The van der Waals surface area contributed by atoms with E-state index in [0.29, 0.717) is 28.2 Å². The van der Waals surface area contributed by atoms with Crippen molar-refractivity contribution in [3.8, 4) is 0 Å². The summed E-state index contributed by atoms with van der Waals surface area (Å²) in [4.78, 5) is 4.05. The number of rotatable bonds is 6. The van der Waals surface area contributed by atoms with Crippen molar-refractivity contribution in [2.24, 2.45) is 0 Å². The molecule has 1 aromatic heterocycles. The molecule has 0 fully saturated rings. The zero-order valence-corrected chi connectivity index (χ0v) is 15.1. The molecule has 1 atom stereocenters. The zero-order valence-electron chi connectivity index (χ0n) is 14.4. The number of aliphatic hydroxyl groups is 2. The second-order valence-electron chi connectivity index (χ2n) is 5.74. The van der Waals surface area contributed by atoms with Crippen molar-refractivity contribution in [1.29, 1.82) is 0 Å². The lowest BCUT2D eigenvalue weighted by Gasteiger charge is -2.18. The van der Waals surface area contributed by atoms with Crippen LogP contribution in [0.5, 0.6) is 0 Å². The molecule has 1 unspecified atom stereocenters. The summed E-state index contributed by atoms with van der Waals surface area (Å²) in [7, 11) is 0. The van der Waals surface area contributed by atoms with Crippen molar-refractivity contribution in [2.45, 2.75) is 26.4 Å². The minimum atomic E-state index is -0.946. The molecule has 130 valence electrons. The molecule has 0 saturated carbocycles. The van der Waals surface area contributed by atoms with Crippen LogP contribution in [0.1, 0.15) is 31.1 Å². The van der Waals surface area contributed by atoms with Gasteiger partial charge < -0.3 is 10.2 Å². The van der Waals surface area contributed by atoms with E-state index >= 15 is 0 Å². The van der Waals surface area contributed by atoms with Crippen LogP contribution in [0.3, 0.4) is 0 Å². The summed E-state index contributed by atoms with van der Waals surface area (Å²) < 4.78 is 0. The number of halogens is 1. The molecule has 2 aromatic rings. The van der Waals surface area contributed by atoms with Gasteiger partial charge in [-0.3, -0.25) is 4.98 Å². The van der Waals surface area contributed by atoms with Crippen molar-refractivity contribution < 1.29 is 10.2 Å². The van der Waals surface area contributed by atoms with Gasteiger partial charge >= 0.3 is 0 Å². The monoisotopic (exact) mass is 355 g/mol. The molecule has 0 amide bonds. The smallest absolute Gasteiger partial charge is 0.120 e.